The minimum Gasteiger partial charge on any atom is -0.496 e. The van der Waals surface area contributed by atoms with Gasteiger partial charge in [-0.1, -0.05) is 18.2 Å². The van der Waals surface area contributed by atoms with E-state index in [1.165, 1.54) is 17.7 Å². The first-order chi connectivity index (χ1) is 17.9. The summed E-state index contributed by atoms with van der Waals surface area (Å²) in [5.41, 5.74) is 6.12. The van der Waals surface area contributed by atoms with Crippen LogP contribution in [0.15, 0.2) is 71.6 Å². The number of aryl methyl sites for hydroxylation is 1. The molecule has 1 amide bonds. The van der Waals surface area contributed by atoms with Crippen LogP contribution in [0.1, 0.15) is 23.6 Å². The van der Waals surface area contributed by atoms with Gasteiger partial charge in [0.05, 0.1) is 13.4 Å². The van der Waals surface area contributed by atoms with E-state index in [1.807, 2.05) is 37.1 Å². The molecule has 3 heterocycles. The number of hydrogen-bond acceptors (Lipinski definition) is 5. The highest BCUT2D eigenvalue weighted by atomic mass is 19.1. The molecule has 0 bridgehead atoms. The second-order valence-electron chi connectivity index (χ2n) is 9.41. The molecule has 0 N–H and O–H groups in total. The van der Waals surface area contributed by atoms with Gasteiger partial charge >= 0.3 is 0 Å². The zero-order valence-corrected chi connectivity index (χ0v) is 21.3. The van der Waals surface area contributed by atoms with E-state index in [2.05, 4.69) is 16.0 Å². The van der Waals surface area contributed by atoms with Crippen molar-refractivity contribution in [3.8, 4) is 16.9 Å². The van der Waals surface area contributed by atoms with Crippen LogP contribution in [-0.2, 0) is 11.3 Å². The molecule has 0 atom stereocenters. The zero-order valence-electron chi connectivity index (χ0n) is 21.3. The van der Waals surface area contributed by atoms with E-state index in [4.69, 9.17) is 9.15 Å². The Hall–Kier alpha value is -3.97. The Labute approximate surface area is 216 Å². The first-order valence-electron chi connectivity index (χ1n) is 12.4. The minimum absolute atomic E-state index is 0.00992. The fraction of sp³-hybridized carbons (Fsp3) is 0.267. The number of aromatic nitrogens is 1. The number of furan rings is 1. The number of carbonyl (C=O) groups excluding carboxylic acids is 1. The molecule has 5 rings (SSSR count). The summed E-state index contributed by atoms with van der Waals surface area (Å²) in [7, 11) is 1.62. The number of benzene rings is 2. The van der Waals surface area contributed by atoms with Gasteiger partial charge in [-0.25, -0.2) is 4.39 Å². The fourth-order valence-electron chi connectivity index (χ4n) is 4.96. The number of rotatable bonds is 6. The maximum absolute atomic E-state index is 13.5. The highest BCUT2D eigenvalue weighted by Gasteiger charge is 2.22. The molecular formula is C30H30FN3O3. The third-order valence-corrected chi connectivity index (χ3v) is 6.98. The van der Waals surface area contributed by atoms with Gasteiger partial charge in [-0.2, -0.15) is 0 Å². The fourth-order valence-corrected chi connectivity index (χ4v) is 4.96. The van der Waals surface area contributed by atoms with Gasteiger partial charge in [0.25, 0.3) is 0 Å². The number of pyridine rings is 1. The molecule has 190 valence electrons. The van der Waals surface area contributed by atoms with Crippen LogP contribution in [-0.4, -0.2) is 54.0 Å². The molecule has 1 aliphatic heterocycles. The Morgan fingerprint density at radius 2 is 1.92 bits per heavy atom. The van der Waals surface area contributed by atoms with Crippen molar-refractivity contribution in [2.75, 3.05) is 33.3 Å². The van der Waals surface area contributed by atoms with Crippen molar-refractivity contribution in [2.24, 2.45) is 0 Å². The van der Waals surface area contributed by atoms with Gasteiger partial charge < -0.3 is 14.1 Å². The Kier molecular flexibility index (Phi) is 7.06. The van der Waals surface area contributed by atoms with Gasteiger partial charge in [-0.15, -0.1) is 0 Å². The molecule has 2 aromatic carbocycles. The lowest BCUT2D eigenvalue weighted by molar-refractivity contribution is -0.127. The smallest absolute Gasteiger partial charge is 0.246 e. The van der Waals surface area contributed by atoms with Gasteiger partial charge in [0.2, 0.25) is 5.91 Å². The first kappa shape index (κ1) is 24.7. The van der Waals surface area contributed by atoms with Crippen molar-refractivity contribution in [3.63, 3.8) is 0 Å². The van der Waals surface area contributed by atoms with Gasteiger partial charge in [-0.05, 0) is 54.8 Å². The lowest BCUT2D eigenvalue weighted by Gasteiger charge is -2.34. The molecule has 1 saturated heterocycles. The molecule has 0 unspecified atom stereocenters. The number of halogens is 1. The highest BCUT2D eigenvalue weighted by Crippen LogP contribution is 2.40. The Morgan fingerprint density at radius 1 is 1.16 bits per heavy atom. The molecule has 1 fully saturated rings. The van der Waals surface area contributed by atoms with Crippen LogP contribution in [0.4, 0.5) is 4.39 Å². The largest absolute Gasteiger partial charge is 0.496 e. The molecular weight excluding hydrogens is 469 g/mol. The summed E-state index contributed by atoms with van der Waals surface area (Å²) < 4.78 is 25.1. The maximum Gasteiger partial charge on any atom is 0.246 e. The van der Waals surface area contributed by atoms with Crippen LogP contribution >= 0.6 is 0 Å². The number of methoxy groups -OCH3 is 1. The number of fused-ring (bicyclic) bond motifs is 1. The lowest BCUT2D eigenvalue weighted by Crippen LogP contribution is -2.47. The third-order valence-electron chi connectivity index (χ3n) is 6.98. The summed E-state index contributed by atoms with van der Waals surface area (Å²) in [5.74, 6) is 0.380. The Bertz CT molecular complexity index is 1440. The van der Waals surface area contributed by atoms with E-state index >= 15 is 0 Å². The van der Waals surface area contributed by atoms with Crippen molar-refractivity contribution in [1.29, 1.82) is 0 Å². The molecule has 0 aliphatic carbocycles. The Morgan fingerprint density at radius 3 is 2.59 bits per heavy atom. The molecule has 4 aromatic rings. The average Bonchev–Trinajstić information content (AvgIpc) is 3.34. The molecule has 1 aliphatic rings. The monoisotopic (exact) mass is 499 g/mol. The normalized spacial score (nSPS) is 14.8. The molecule has 7 heteroatoms. The van der Waals surface area contributed by atoms with E-state index in [0.717, 1.165) is 52.8 Å². The zero-order chi connectivity index (χ0) is 25.9. The number of allylic oxidation sites excluding steroid dienone is 1. The van der Waals surface area contributed by atoms with Crippen LogP contribution in [0.25, 0.3) is 27.7 Å². The van der Waals surface area contributed by atoms with Crippen molar-refractivity contribution >= 4 is 22.4 Å². The van der Waals surface area contributed by atoms with Gasteiger partial charge in [-0.3, -0.25) is 14.7 Å². The standard InChI is InChI=1S/C30H30FN3O3/c1-20(15-28(35)34-13-11-33(12-14-34)18-22-5-4-10-32-17-22)25-16-26-27(23-6-8-24(31)9-7-23)19-37-30(26)21(2)29(25)36-3/h4-10,15-17,19H,11-14,18H2,1-3H3/b20-15+. The van der Waals surface area contributed by atoms with Gasteiger partial charge in [0.15, 0.2) is 0 Å². The maximum atomic E-state index is 13.5. The first-order valence-corrected chi connectivity index (χ1v) is 12.4. The summed E-state index contributed by atoms with van der Waals surface area (Å²) >= 11 is 0. The quantitative estimate of drug-likeness (QED) is 0.319. The molecule has 0 radical (unpaired) electrons. The van der Waals surface area contributed by atoms with Crippen molar-refractivity contribution in [3.05, 3.63) is 89.7 Å². The predicted molar refractivity (Wildman–Crippen MR) is 143 cm³/mol. The van der Waals surface area contributed by atoms with Crippen LogP contribution in [0, 0.1) is 12.7 Å². The summed E-state index contributed by atoms with van der Waals surface area (Å²) in [6, 6.07) is 12.4. The Balaban J connectivity index is 1.37. The molecule has 2 aromatic heterocycles. The second-order valence-corrected chi connectivity index (χ2v) is 9.41. The number of nitrogens with zero attached hydrogens (tertiary/aromatic N) is 3. The second kappa shape index (κ2) is 10.6. The minimum atomic E-state index is -0.287. The molecule has 0 spiro atoms. The van der Waals surface area contributed by atoms with Crippen LogP contribution in [0.2, 0.25) is 0 Å². The molecule has 0 saturated carbocycles. The van der Waals surface area contributed by atoms with Crippen molar-refractivity contribution in [2.45, 2.75) is 20.4 Å². The number of hydrogen-bond donors (Lipinski definition) is 0. The summed E-state index contributed by atoms with van der Waals surface area (Å²) in [5, 5.41) is 0.893. The van der Waals surface area contributed by atoms with Crippen LogP contribution in [0.3, 0.4) is 0 Å². The average molecular weight is 500 g/mol. The lowest BCUT2D eigenvalue weighted by atomic mass is 9.96. The van der Waals surface area contributed by atoms with E-state index in [1.54, 1.807) is 37.8 Å². The topological polar surface area (TPSA) is 58.8 Å². The summed E-state index contributed by atoms with van der Waals surface area (Å²) in [6.45, 7) is 7.69. The van der Waals surface area contributed by atoms with E-state index in [9.17, 15) is 9.18 Å². The summed E-state index contributed by atoms with van der Waals surface area (Å²) in [6.07, 6.45) is 7.04. The van der Waals surface area contributed by atoms with E-state index < -0.39 is 0 Å². The van der Waals surface area contributed by atoms with Crippen LogP contribution in [0.5, 0.6) is 5.75 Å². The van der Waals surface area contributed by atoms with Gasteiger partial charge in [0, 0.05) is 73.3 Å². The van der Waals surface area contributed by atoms with E-state index in [-0.39, 0.29) is 11.7 Å². The molecule has 6 nitrogen and oxygen atoms in total. The predicted octanol–water partition coefficient (Wildman–Crippen LogP) is 5.70. The third kappa shape index (κ3) is 5.13. The van der Waals surface area contributed by atoms with Crippen LogP contribution < -0.4 is 4.74 Å². The SMILES string of the molecule is COc1c(/C(C)=C/C(=O)N2CCN(Cc3cccnc3)CC2)cc2c(-c3ccc(F)cc3)coc2c1C. The highest BCUT2D eigenvalue weighted by molar-refractivity contribution is 6.01. The number of carbonyl (C=O) groups is 1. The number of amides is 1. The molecule has 37 heavy (non-hydrogen) atoms. The van der Waals surface area contributed by atoms with Crippen molar-refractivity contribution < 1.29 is 18.3 Å². The van der Waals surface area contributed by atoms with Crippen molar-refractivity contribution in [1.82, 2.24) is 14.8 Å². The van der Waals surface area contributed by atoms with E-state index in [0.29, 0.717) is 24.4 Å². The summed E-state index contributed by atoms with van der Waals surface area (Å²) in [4.78, 5) is 21.6. The number of ether oxygens (including phenoxy) is 1. The van der Waals surface area contributed by atoms with Gasteiger partial charge in [0.1, 0.15) is 17.1 Å². The number of piperazine rings is 1.